The van der Waals surface area contributed by atoms with Gasteiger partial charge in [0.2, 0.25) is 10.0 Å². The zero-order chi connectivity index (χ0) is 14.3. The summed E-state index contributed by atoms with van der Waals surface area (Å²) in [5, 5.41) is 0. The number of hydrogen-bond acceptors (Lipinski definition) is 5. The van der Waals surface area contributed by atoms with Gasteiger partial charge in [-0.25, -0.2) is 21.2 Å². The lowest BCUT2D eigenvalue weighted by atomic mass is 10.3. The van der Waals surface area contributed by atoms with Crippen molar-refractivity contribution in [3.8, 4) is 0 Å². The van der Waals surface area contributed by atoms with Crippen molar-refractivity contribution in [2.24, 2.45) is 0 Å². The highest BCUT2D eigenvalue weighted by Gasteiger charge is 2.31. The van der Waals surface area contributed by atoms with E-state index in [1.165, 1.54) is 0 Å². The van der Waals surface area contributed by atoms with E-state index in [9.17, 15) is 21.2 Å². The minimum absolute atomic E-state index is 0.0953. The third-order valence-electron chi connectivity index (χ3n) is 2.91. The van der Waals surface area contributed by atoms with Gasteiger partial charge in [-0.15, -0.1) is 0 Å². The van der Waals surface area contributed by atoms with Crippen LogP contribution in [0.2, 0.25) is 0 Å². The topological polar surface area (TPSA) is 97.5 Å². The summed E-state index contributed by atoms with van der Waals surface area (Å²) >= 11 is 0. The molecule has 9 heteroatoms. The maximum Gasteiger partial charge on any atom is 0.243 e. The average Bonchev–Trinajstić information content (AvgIpc) is 2.32. The van der Waals surface area contributed by atoms with Gasteiger partial charge in [0.05, 0.1) is 22.1 Å². The number of nitrogens with zero attached hydrogens (tertiary/aromatic N) is 1. The second-order valence-corrected chi connectivity index (χ2v) is 8.48. The summed E-state index contributed by atoms with van der Waals surface area (Å²) in [4.78, 5) is -0.134. The molecule has 106 valence electrons. The van der Waals surface area contributed by atoms with Gasteiger partial charge in [-0.2, -0.15) is 4.31 Å². The van der Waals surface area contributed by atoms with E-state index >= 15 is 0 Å². The van der Waals surface area contributed by atoms with E-state index in [4.69, 9.17) is 5.73 Å². The molecule has 2 rings (SSSR count). The van der Waals surface area contributed by atoms with Crippen molar-refractivity contribution >= 4 is 25.5 Å². The fraction of sp³-hybridized carbons (Fsp3) is 0.400. The molecular formula is C10H13FN2O4S2. The third kappa shape index (κ3) is 2.88. The minimum Gasteiger partial charge on any atom is -0.396 e. The van der Waals surface area contributed by atoms with Gasteiger partial charge >= 0.3 is 0 Å². The van der Waals surface area contributed by atoms with Gasteiger partial charge in [0.25, 0.3) is 0 Å². The van der Waals surface area contributed by atoms with E-state index in [1.54, 1.807) is 0 Å². The molecule has 19 heavy (non-hydrogen) atoms. The smallest absolute Gasteiger partial charge is 0.243 e. The van der Waals surface area contributed by atoms with Crippen molar-refractivity contribution in [3.63, 3.8) is 0 Å². The van der Waals surface area contributed by atoms with Crippen LogP contribution in [0.4, 0.5) is 10.1 Å². The third-order valence-corrected chi connectivity index (χ3v) is 6.41. The van der Waals surface area contributed by atoms with Crippen LogP contribution in [0.25, 0.3) is 0 Å². The summed E-state index contributed by atoms with van der Waals surface area (Å²) in [6, 6.07) is 3.13. The number of halogens is 1. The number of nitrogen functional groups attached to an aromatic ring is 1. The number of hydrogen-bond donors (Lipinski definition) is 1. The van der Waals surface area contributed by atoms with Crippen LogP contribution in [0.5, 0.6) is 0 Å². The molecule has 1 aliphatic heterocycles. The Hall–Kier alpha value is -1.19. The lowest BCUT2D eigenvalue weighted by molar-refractivity contribution is 0.430. The molecule has 0 aromatic heterocycles. The molecule has 6 nitrogen and oxygen atoms in total. The van der Waals surface area contributed by atoms with Crippen LogP contribution in [0.1, 0.15) is 0 Å². The van der Waals surface area contributed by atoms with E-state index in [-0.39, 0.29) is 35.2 Å². The quantitative estimate of drug-likeness (QED) is 0.765. The van der Waals surface area contributed by atoms with E-state index in [0.29, 0.717) is 0 Å². The highest BCUT2D eigenvalue weighted by atomic mass is 32.2. The van der Waals surface area contributed by atoms with Crippen LogP contribution in [0, 0.1) is 5.82 Å². The second-order valence-electron chi connectivity index (χ2n) is 4.24. The fourth-order valence-corrected chi connectivity index (χ4v) is 4.68. The van der Waals surface area contributed by atoms with Crippen LogP contribution in [-0.2, 0) is 19.9 Å². The molecule has 0 spiro atoms. The first kappa shape index (κ1) is 14.2. The first-order valence-corrected chi connectivity index (χ1v) is 8.74. The molecule has 0 atom stereocenters. The summed E-state index contributed by atoms with van der Waals surface area (Å²) in [6.45, 7) is -0.191. The van der Waals surface area contributed by atoms with Crippen LogP contribution < -0.4 is 5.73 Å². The number of sulfone groups is 1. The zero-order valence-electron chi connectivity index (χ0n) is 9.91. The predicted molar refractivity (Wildman–Crippen MR) is 68.2 cm³/mol. The van der Waals surface area contributed by atoms with Crippen molar-refractivity contribution in [1.82, 2.24) is 4.31 Å². The highest BCUT2D eigenvalue weighted by molar-refractivity contribution is 7.92. The maximum atomic E-state index is 13.0. The molecule has 0 saturated carbocycles. The largest absolute Gasteiger partial charge is 0.396 e. The van der Waals surface area contributed by atoms with E-state index in [0.717, 1.165) is 22.5 Å². The Kier molecular flexibility index (Phi) is 3.54. The van der Waals surface area contributed by atoms with Crippen LogP contribution >= 0.6 is 0 Å². The molecule has 0 unspecified atom stereocenters. The molecule has 1 heterocycles. The average molecular weight is 308 g/mol. The van der Waals surface area contributed by atoms with Crippen molar-refractivity contribution in [1.29, 1.82) is 0 Å². The van der Waals surface area contributed by atoms with Gasteiger partial charge in [0.15, 0.2) is 9.84 Å². The molecular weight excluding hydrogens is 295 g/mol. The van der Waals surface area contributed by atoms with Crippen molar-refractivity contribution in [3.05, 3.63) is 24.0 Å². The fourth-order valence-electron chi connectivity index (χ4n) is 1.77. The normalized spacial score (nSPS) is 20.3. The van der Waals surface area contributed by atoms with Gasteiger partial charge in [-0.1, -0.05) is 0 Å². The van der Waals surface area contributed by atoms with Gasteiger partial charge in [0, 0.05) is 13.1 Å². The molecule has 0 amide bonds. The summed E-state index contributed by atoms with van der Waals surface area (Å²) in [5.41, 5.74) is 5.08. The highest BCUT2D eigenvalue weighted by Crippen LogP contribution is 2.21. The van der Waals surface area contributed by atoms with Crippen LogP contribution in [-0.4, -0.2) is 45.7 Å². The van der Waals surface area contributed by atoms with E-state index < -0.39 is 25.7 Å². The number of sulfonamides is 1. The Morgan fingerprint density at radius 2 is 1.79 bits per heavy atom. The predicted octanol–water partition coefficient (Wildman–Crippen LogP) is -0.173. The summed E-state index contributed by atoms with van der Waals surface area (Å²) in [7, 11) is -6.99. The molecule has 2 N–H and O–H groups in total. The molecule has 1 saturated heterocycles. The standard InChI is InChI=1S/C10H13FN2O4S2/c11-9-2-1-8(7-10(9)12)19(16,17)13-3-5-18(14,15)6-4-13/h1-2,7H,3-6,12H2. The molecule has 1 aromatic carbocycles. The first-order valence-electron chi connectivity index (χ1n) is 5.48. The van der Waals surface area contributed by atoms with Gasteiger partial charge < -0.3 is 5.73 Å². The Balaban J connectivity index is 2.30. The SMILES string of the molecule is Nc1cc(S(=O)(=O)N2CCS(=O)(=O)CC2)ccc1F. The monoisotopic (exact) mass is 308 g/mol. The Morgan fingerprint density at radius 1 is 1.21 bits per heavy atom. The van der Waals surface area contributed by atoms with Gasteiger partial charge in [-0.3, -0.25) is 0 Å². The number of rotatable bonds is 2. The number of nitrogens with two attached hydrogens (primary N) is 1. The molecule has 1 aromatic rings. The van der Waals surface area contributed by atoms with Gasteiger partial charge in [-0.05, 0) is 18.2 Å². The second kappa shape index (κ2) is 4.73. The molecule has 1 fully saturated rings. The van der Waals surface area contributed by atoms with E-state index in [2.05, 4.69) is 0 Å². The first-order chi connectivity index (χ1) is 8.72. The van der Waals surface area contributed by atoms with Crippen molar-refractivity contribution < 1.29 is 21.2 Å². The summed E-state index contributed by atoms with van der Waals surface area (Å²) in [6.07, 6.45) is 0. The van der Waals surface area contributed by atoms with Gasteiger partial charge in [0.1, 0.15) is 5.82 Å². The zero-order valence-corrected chi connectivity index (χ0v) is 11.5. The molecule has 0 aliphatic carbocycles. The summed E-state index contributed by atoms with van der Waals surface area (Å²) < 4.78 is 61.1. The molecule has 1 aliphatic rings. The van der Waals surface area contributed by atoms with Crippen molar-refractivity contribution in [2.75, 3.05) is 30.3 Å². The lowest BCUT2D eigenvalue weighted by Crippen LogP contribution is -2.43. The minimum atomic E-state index is -3.83. The van der Waals surface area contributed by atoms with Crippen molar-refractivity contribution in [2.45, 2.75) is 4.90 Å². The number of anilines is 1. The Bertz CT molecular complexity index is 686. The van der Waals surface area contributed by atoms with Crippen LogP contribution in [0.3, 0.4) is 0 Å². The molecule has 0 bridgehead atoms. The van der Waals surface area contributed by atoms with Crippen LogP contribution in [0.15, 0.2) is 23.1 Å². The Labute approximate surface area is 111 Å². The summed E-state index contributed by atoms with van der Waals surface area (Å²) in [5.74, 6) is -1.11. The lowest BCUT2D eigenvalue weighted by Gasteiger charge is -2.26. The maximum absolute atomic E-state index is 13.0. The van der Waals surface area contributed by atoms with E-state index in [1.807, 2.05) is 0 Å². The number of benzene rings is 1. The molecule has 0 radical (unpaired) electrons. The Morgan fingerprint density at radius 3 is 2.32 bits per heavy atom.